The van der Waals surface area contributed by atoms with Gasteiger partial charge < -0.3 is 15.3 Å². The van der Waals surface area contributed by atoms with E-state index in [-0.39, 0.29) is 17.7 Å². The van der Waals surface area contributed by atoms with Crippen molar-refractivity contribution in [1.29, 1.82) is 5.41 Å². The van der Waals surface area contributed by atoms with Gasteiger partial charge in [-0.2, -0.15) is 0 Å². The summed E-state index contributed by atoms with van der Waals surface area (Å²) in [7, 11) is 0. The van der Waals surface area contributed by atoms with Crippen molar-refractivity contribution < 1.29 is 27.8 Å². The summed E-state index contributed by atoms with van der Waals surface area (Å²) in [5, 5.41) is 19.1. The molecule has 1 aliphatic carbocycles. The molecule has 0 saturated heterocycles. The molecule has 2 rings (SSSR count). The quantitative estimate of drug-likeness (QED) is 0.691. The Bertz CT molecular complexity index is 652. The number of alkyl halides is 3. The molecule has 1 fully saturated rings. The standard InChI is InChI=1S/C19H23F3NO3/c1-2-7-15(23)17(24)16(18(25)10-4-3-5-11-18)13-8-6-9-14(12-13)26-19(20,21)22/h2,6,8-9,12,16,23,25H,3-5,7,10-11H2,1H3. The third-order valence-electron chi connectivity index (χ3n) is 4.65. The van der Waals surface area contributed by atoms with Crippen LogP contribution in [0.15, 0.2) is 24.3 Å². The SMILES string of the molecule is C[CH]CC(=N)C(=O)C(c1cccc(OC(F)(F)F)c1)C1(O)CCCCC1. The number of rotatable bonds is 7. The Balaban J connectivity index is 2.42. The third kappa shape index (κ3) is 5.06. The number of ketones is 1. The zero-order valence-corrected chi connectivity index (χ0v) is 14.6. The first-order valence-corrected chi connectivity index (χ1v) is 8.64. The minimum Gasteiger partial charge on any atom is -0.406 e. The van der Waals surface area contributed by atoms with E-state index in [1.807, 2.05) is 0 Å². The van der Waals surface area contributed by atoms with Crippen molar-refractivity contribution in [1.82, 2.24) is 0 Å². The second-order valence-electron chi connectivity index (χ2n) is 6.67. The van der Waals surface area contributed by atoms with Crippen LogP contribution in [0.25, 0.3) is 0 Å². The minimum atomic E-state index is -4.84. The van der Waals surface area contributed by atoms with Crippen molar-refractivity contribution >= 4 is 11.5 Å². The van der Waals surface area contributed by atoms with Crippen molar-refractivity contribution in [2.45, 2.75) is 63.3 Å². The van der Waals surface area contributed by atoms with E-state index < -0.39 is 29.4 Å². The Hall–Kier alpha value is -1.89. The van der Waals surface area contributed by atoms with Gasteiger partial charge in [0.15, 0.2) is 5.78 Å². The number of halogens is 3. The minimum absolute atomic E-state index is 0.143. The molecule has 4 nitrogen and oxygen atoms in total. The summed E-state index contributed by atoms with van der Waals surface area (Å²) >= 11 is 0. The van der Waals surface area contributed by atoms with Gasteiger partial charge in [0.05, 0.1) is 17.2 Å². The van der Waals surface area contributed by atoms with E-state index in [1.165, 1.54) is 12.1 Å². The van der Waals surface area contributed by atoms with Gasteiger partial charge in [-0.25, -0.2) is 0 Å². The lowest BCUT2D eigenvalue weighted by atomic mass is 9.70. The molecule has 2 N–H and O–H groups in total. The van der Waals surface area contributed by atoms with Crippen molar-refractivity contribution in [2.24, 2.45) is 0 Å². The Labute approximate surface area is 150 Å². The fourth-order valence-electron chi connectivity index (χ4n) is 3.53. The topological polar surface area (TPSA) is 70.4 Å². The van der Waals surface area contributed by atoms with Crippen molar-refractivity contribution in [2.75, 3.05) is 0 Å². The maximum Gasteiger partial charge on any atom is 0.573 e. The van der Waals surface area contributed by atoms with E-state index >= 15 is 0 Å². The number of carbonyl (C=O) groups excluding carboxylic acids is 1. The van der Waals surface area contributed by atoms with Crippen LogP contribution in [-0.2, 0) is 4.79 Å². The van der Waals surface area contributed by atoms with Gasteiger partial charge in [0.2, 0.25) is 0 Å². The zero-order chi connectivity index (χ0) is 19.4. The molecular weight excluding hydrogens is 347 g/mol. The molecule has 0 aromatic heterocycles. The van der Waals surface area contributed by atoms with Gasteiger partial charge in [0.25, 0.3) is 0 Å². The van der Waals surface area contributed by atoms with Crippen molar-refractivity contribution in [3.8, 4) is 5.75 Å². The van der Waals surface area contributed by atoms with Crippen LogP contribution in [0.5, 0.6) is 5.75 Å². The predicted molar refractivity (Wildman–Crippen MR) is 91.2 cm³/mol. The molecule has 143 valence electrons. The molecular formula is C19H23F3NO3. The van der Waals surface area contributed by atoms with Gasteiger partial charge in [-0.05, 0) is 43.4 Å². The highest BCUT2D eigenvalue weighted by Gasteiger charge is 2.44. The average molecular weight is 370 g/mol. The van der Waals surface area contributed by atoms with Crippen LogP contribution in [0.3, 0.4) is 0 Å². The van der Waals surface area contributed by atoms with Gasteiger partial charge in [0.1, 0.15) is 5.75 Å². The maximum atomic E-state index is 12.9. The number of carbonyl (C=O) groups is 1. The largest absolute Gasteiger partial charge is 0.573 e. The molecule has 7 heteroatoms. The Morgan fingerprint density at radius 2 is 2.00 bits per heavy atom. The molecule has 1 atom stereocenters. The summed E-state index contributed by atoms with van der Waals surface area (Å²) in [5.74, 6) is -2.08. The van der Waals surface area contributed by atoms with Crippen LogP contribution in [0, 0.1) is 11.8 Å². The maximum absolute atomic E-state index is 12.9. The smallest absolute Gasteiger partial charge is 0.406 e. The predicted octanol–water partition coefficient (Wildman–Crippen LogP) is 4.57. The summed E-state index contributed by atoms with van der Waals surface area (Å²) in [6.45, 7) is 1.71. The van der Waals surface area contributed by atoms with Gasteiger partial charge >= 0.3 is 6.36 Å². The van der Waals surface area contributed by atoms with Gasteiger partial charge in [-0.15, -0.1) is 13.2 Å². The van der Waals surface area contributed by atoms with Crippen molar-refractivity contribution in [3.63, 3.8) is 0 Å². The highest BCUT2D eigenvalue weighted by atomic mass is 19.4. The zero-order valence-electron chi connectivity index (χ0n) is 14.6. The molecule has 1 aliphatic rings. The molecule has 0 aliphatic heterocycles. The molecule has 0 amide bonds. The van der Waals surface area contributed by atoms with E-state index in [1.54, 1.807) is 13.3 Å². The molecule has 1 aromatic carbocycles. The highest BCUT2D eigenvalue weighted by molar-refractivity contribution is 6.41. The molecule has 26 heavy (non-hydrogen) atoms. The van der Waals surface area contributed by atoms with Gasteiger partial charge in [0, 0.05) is 0 Å². The lowest BCUT2D eigenvalue weighted by molar-refractivity contribution is -0.274. The van der Waals surface area contributed by atoms with E-state index in [2.05, 4.69) is 4.74 Å². The Kier molecular flexibility index (Phi) is 6.44. The molecule has 0 heterocycles. The second-order valence-corrected chi connectivity index (χ2v) is 6.67. The number of ether oxygens (including phenoxy) is 1. The van der Waals surface area contributed by atoms with Gasteiger partial charge in [-0.1, -0.05) is 38.3 Å². The van der Waals surface area contributed by atoms with Crippen LogP contribution in [0.4, 0.5) is 13.2 Å². The third-order valence-corrected chi connectivity index (χ3v) is 4.65. The number of Topliss-reactive ketones (excluding diaryl/α,β-unsaturated/α-hetero) is 1. The van der Waals surface area contributed by atoms with Crippen LogP contribution in [0.2, 0.25) is 0 Å². The molecule has 1 radical (unpaired) electrons. The average Bonchev–Trinajstić information content (AvgIpc) is 2.54. The first-order chi connectivity index (χ1) is 12.2. The number of aliphatic hydroxyl groups is 1. The fourth-order valence-corrected chi connectivity index (χ4v) is 3.53. The summed E-state index contributed by atoms with van der Waals surface area (Å²) in [6, 6.07) is 5.14. The van der Waals surface area contributed by atoms with E-state index in [0.717, 1.165) is 31.4 Å². The van der Waals surface area contributed by atoms with Crippen molar-refractivity contribution in [3.05, 3.63) is 36.2 Å². The van der Waals surface area contributed by atoms with Crippen LogP contribution >= 0.6 is 0 Å². The first kappa shape index (κ1) is 20.4. The molecule has 0 spiro atoms. The number of hydrogen-bond acceptors (Lipinski definition) is 4. The molecule has 1 aromatic rings. The molecule has 0 bridgehead atoms. The summed E-state index contributed by atoms with van der Waals surface area (Å²) in [4.78, 5) is 12.9. The van der Waals surface area contributed by atoms with Gasteiger partial charge in [-0.3, -0.25) is 4.79 Å². The summed E-state index contributed by atoms with van der Waals surface area (Å²) < 4.78 is 41.5. The van der Waals surface area contributed by atoms with Crippen LogP contribution in [-0.4, -0.2) is 28.6 Å². The number of nitrogens with one attached hydrogen (secondary N) is 1. The lowest BCUT2D eigenvalue weighted by Crippen LogP contribution is -2.44. The molecule has 1 unspecified atom stereocenters. The molecule has 1 saturated carbocycles. The fraction of sp³-hybridized carbons (Fsp3) is 0.526. The Morgan fingerprint density at radius 1 is 1.35 bits per heavy atom. The van der Waals surface area contributed by atoms with E-state index in [0.29, 0.717) is 12.8 Å². The monoisotopic (exact) mass is 370 g/mol. The van der Waals surface area contributed by atoms with E-state index in [4.69, 9.17) is 5.41 Å². The Morgan fingerprint density at radius 3 is 2.58 bits per heavy atom. The summed E-state index contributed by atoms with van der Waals surface area (Å²) in [6.07, 6.45) is 0.0895. The summed E-state index contributed by atoms with van der Waals surface area (Å²) in [5.41, 5.74) is -1.30. The lowest BCUT2D eigenvalue weighted by Gasteiger charge is -2.38. The number of benzene rings is 1. The highest BCUT2D eigenvalue weighted by Crippen LogP contribution is 2.42. The van der Waals surface area contributed by atoms with Crippen LogP contribution in [0.1, 0.15) is 56.9 Å². The van der Waals surface area contributed by atoms with Crippen LogP contribution < -0.4 is 4.74 Å². The normalized spacial score (nSPS) is 18.2. The van der Waals surface area contributed by atoms with E-state index in [9.17, 15) is 23.1 Å². The number of hydrogen-bond donors (Lipinski definition) is 2. The first-order valence-electron chi connectivity index (χ1n) is 8.64. The second kappa shape index (κ2) is 8.20.